The van der Waals surface area contributed by atoms with E-state index in [2.05, 4.69) is 27.8 Å². The van der Waals surface area contributed by atoms with Crippen LogP contribution < -0.4 is 0 Å². The summed E-state index contributed by atoms with van der Waals surface area (Å²) in [5.41, 5.74) is 5.04. The third kappa shape index (κ3) is 4.23. The molecule has 0 fully saturated rings. The Kier molecular flexibility index (Phi) is 7.00. The van der Waals surface area contributed by atoms with Gasteiger partial charge in [-0.3, -0.25) is 4.79 Å². The van der Waals surface area contributed by atoms with Gasteiger partial charge in [0.25, 0.3) is 0 Å². The molecular formula is C25H22BrClN2O4. The van der Waals surface area contributed by atoms with Crippen molar-refractivity contribution in [2.24, 2.45) is 0 Å². The van der Waals surface area contributed by atoms with Crippen LogP contribution in [0.3, 0.4) is 0 Å². The number of hydrogen-bond donors (Lipinski definition) is 0. The molecule has 1 aromatic heterocycles. The van der Waals surface area contributed by atoms with Gasteiger partial charge in [0.15, 0.2) is 11.4 Å². The second-order valence-electron chi connectivity index (χ2n) is 7.60. The van der Waals surface area contributed by atoms with Crippen LogP contribution in [-0.2, 0) is 17.7 Å². The number of methoxy groups -OCH3 is 1. The van der Waals surface area contributed by atoms with Crippen molar-refractivity contribution in [3.05, 3.63) is 75.1 Å². The van der Waals surface area contributed by atoms with Gasteiger partial charge in [-0.2, -0.15) is 0 Å². The number of carbonyl (C=O) groups is 2. The predicted molar refractivity (Wildman–Crippen MR) is 130 cm³/mol. The summed E-state index contributed by atoms with van der Waals surface area (Å²) in [6, 6.07) is 9.16. The topological polar surface area (TPSA) is 74.3 Å². The number of unbranched alkanes of at least 4 members (excludes halogenated alkanes) is 1. The van der Waals surface area contributed by atoms with Crippen LogP contribution in [0.1, 0.15) is 52.0 Å². The number of imidazole rings is 1. The molecule has 8 heteroatoms. The van der Waals surface area contributed by atoms with Crippen molar-refractivity contribution in [2.45, 2.75) is 32.7 Å². The van der Waals surface area contributed by atoms with E-state index < -0.39 is 5.97 Å². The first kappa shape index (κ1) is 23.3. The SMILES string of the molecule is CCCCc1nc(Cl)c(C=O)n1Cc1c2ccocc-2c(Br)c1-c1ccccc1C(=O)OC. The van der Waals surface area contributed by atoms with E-state index in [0.717, 1.165) is 57.2 Å². The molecule has 0 amide bonds. The van der Waals surface area contributed by atoms with Crippen molar-refractivity contribution >= 4 is 39.8 Å². The van der Waals surface area contributed by atoms with Crippen molar-refractivity contribution in [1.82, 2.24) is 9.55 Å². The quantitative estimate of drug-likeness (QED) is 0.189. The Balaban J connectivity index is 1.97. The molecule has 1 aromatic carbocycles. The number of aromatic nitrogens is 2. The summed E-state index contributed by atoms with van der Waals surface area (Å²) in [6.07, 6.45) is 6.62. The maximum atomic E-state index is 12.5. The van der Waals surface area contributed by atoms with E-state index in [1.165, 1.54) is 7.11 Å². The fraction of sp³-hybridized carbons (Fsp3) is 0.240. The van der Waals surface area contributed by atoms with Crippen LogP contribution in [0.2, 0.25) is 5.15 Å². The Morgan fingerprint density at radius 1 is 1.24 bits per heavy atom. The van der Waals surface area contributed by atoms with Crippen LogP contribution in [0.4, 0.5) is 0 Å². The van der Waals surface area contributed by atoms with E-state index in [-0.39, 0.29) is 5.15 Å². The zero-order valence-corrected chi connectivity index (χ0v) is 20.6. The average molecular weight is 530 g/mol. The molecule has 2 aromatic rings. The first-order chi connectivity index (χ1) is 16.0. The van der Waals surface area contributed by atoms with Crippen molar-refractivity contribution in [3.63, 3.8) is 0 Å². The number of nitrogens with zero attached hydrogens (tertiary/aromatic N) is 2. The van der Waals surface area contributed by atoms with Crippen molar-refractivity contribution in [3.8, 4) is 22.3 Å². The van der Waals surface area contributed by atoms with Gasteiger partial charge in [-0.1, -0.05) is 43.1 Å². The van der Waals surface area contributed by atoms with Gasteiger partial charge in [0.05, 0.1) is 31.7 Å². The summed E-state index contributed by atoms with van der Waals surface area (Å²) in [6.45, 7) is 2.45. The normalized spacial score (nSPS) is 11.2. The standard InChI is InChI=1S/C25H22BrClN2O4/c1-3-4-9-21-28-24(27)20(13-30)29(21)12-18-15-10-11-33-14-19(15)23(26)22(18)16-7-5-6-8-17(16)25(31)32-2/h5-8,10-11,13-14H,3-4,9,12H2,1-2H3. The lowest BCUT2D eigenvalue weighted by Crippen LogP contribution is -2.10. The third-order valence-electron chi connectivity index (χ3n) is 5.70. The lowest BCUT2D eigenvalue weighted by molar-refractivity contribution is 0.0601. The molecular weight excluding hydrogens is 508 g/mol. The molecule has 1 aliphatic carbocycles. The number of carbonyl (C=O) groups excluding carboxylic acids is 2. The van der Waals surface area contributed by atoms with Gasteiger partial charge in [0.1, 0.15) is 11.5 Å². The number of benzene rings is 1. The minimum Gasteiger partial charge on any atom is -0.472 e. The highest BCUT2D eigenvalue weighted by Gasteiger charge is 2.28. The van der Waals surface area contributed by atoms with Gasteiger partial charge in [-0.05, 0) is 51.2 Å². The summed E-state index contributed by atoms with van der Waals surface area (Å²) in [5, 5.41) is 0.192. The summed E-state index contributed by atoms with van der Waals surface area (Å²) < 4.78 is 13.1. The summed E-state index contributed by atoms with van der Waals surface area (Å²) in [5.74, 6) is 0.323. The van der Waals surface area contributed by atoms with E-state index in [1.807, 2.05) is 22.8 Å². The second kappa shape index (κ2) is 9.93. The van der Waals surface area contributed by atoms with E-state index in [0.29, 0.717) is 24.2 Å². The van der Waals surface area contributed by atoms with E-state index in [4.69, 9.17) is 20.8 Å². The molecule has 33 heavy (non-hydrogen) atoms. The van der Waals surface area contributed by atoms with Crippen LogP contribution in [0.25, 0.3) is 22.3 Å². The molecule has 170 valence electrons. The summed E-state index contributed by atoms with van der Waals surface area (Å²) >= 11 is 10.0. The number of halogens is 2. The van der Waals surface area contributed by atoms with Crippen LogP contribution in [-0.4, -0.2) is 28.9 Å². The molecule has 2 heterocycles. The lowest BCUT2D eigenvalue weighted by Gasteiger charge is -2.14. The van der Waals surface area contributed by atoms with Crippen molar-refractivity contribution in [2.75, 3.05) is 7.11 Å². The first-order valence-corrected chi connectivity index (χ1v) is 11.7. The third-order valence-corrected chi connectivity index (χ3v) is 6.80. The van der Waals surface area contributed by atoms with Crippen molar-refractivity contribution < 1.29 is 18.7 Å². The largest absolute Gasteiger partial charge is 0.472 e. The second-order valence-corrected chi connectivity index (χ2v) is 8.75. The molecule has 4 rings (SSSR count). The fourth-order valence-electron chi connectivity index (χ4n) is 4.09. The Hall–Kier alpha value is -2.90. The average Bonchev–Trinajstić information content (AvgIpc) is 3.30. The van der Waals surface area contributed by atoms with Crippen LogP contribution in [0.5, 0.6) is 0 Å². The molecule has 0 N–H and O–H groups in total. The van der Waals surface area contributed by atoms with Crippen molar-refractivity contribution in [1.29, 1.82) is 0 Å². The number of rotatable bonds is 8. The molecule has 0 saturated carbocycles. The maximum absolute atomic E-state index is 12.5. The lowest BCUT2D eigenvalue weighted by atomic mass is 9.97. The van der Waals surface area contributed by atoms with E-state index >= 15 is 0 Å². The minimum atomic E-state index is -0.429. The fourth-order valence-corrected chi connectivity index (χ4v) is 5.09. The first-order valence-electron chi connectivity index (χ1n) is 10.6. The number of fused-ring (bicyclic) bond motifs is 1. The van der Waals surface area contributed by atoms with Gasteiger partial charge in [-0.15, -0.1) is 0 Å². The van der Waals surface area contributed by atoms with Gasteiger partial charge in [0, 0.05) is 22.0 Å². The molecule has 0 atom stereocenters. The Bertz CT molecular complexity index is 1290. The van der Waals surface area contributed by atoms with E-state index in [1.54, 1.807) is 24.7 Å². The molecule has 0 unspecified atom stereocenters. The number of ether oxygens (including phenoxy) is 1. The van der Waals surface area contributed by atoms with Crippen LogP contribution >= 0.6 is 27.5 Å². The van der Waals surface area contributed by atoms with Crippen LogP contribution in [0, 0.1) is 0 Å². The number of aryl methyl sites for hydroxylation is 1. The number of esters is 1. The summed E-state index contributed by atoms with van der Waals surface area (Å²) in [4.78, 5) is 28.9. The van der Waals surface area contributed by atoms with Crippen LogP contribution in [0.15, 0.2) is 51.7 Å². The molecule has 0 saturated heterocycles. The zero-order chi connectivity index (χ0) is 23.5. The minimum absolute atomic E-state index is 0.192. The highest BCUT2D eigenvalue weighted by molar-refractivity contribution is 9.10. The highest BCUT2D eigenvalue weighted by Crippen LogP contribution is 2.47. The molecule has 1 aliphatic heterocycles. The molecule has 0 spiro atoms. The number of hydrogen-bond acceptors (Lipinski definition) is 5. The summed E-state index contributed by atoms with van der Waals surface area (Å²) in [7, 11) is 1.36. The molecule has 0 bridgehead atoms. The Morgan fingerprint density at radius 2 is 2.03 bits per heavy atom. The predicted octanol–water partition coefficient (Wildman–Crippen LogP) is 6.65. The highest BCUT2D eigenvalue weighted by atomic mass is 79.9. The zero-order valence-electron chi connectivity index (χ0n) is 18.2. The molecule has 6 nitrogen and oxygen atoms in total. The smallest absolute Gasteiger partial charge is 0.338 e. The van der Waals surface area contributed by atoms with Gasteiger partial charge in [0.2, 0.25) is 0 Å². The maximum Gasteiger partial charge on any atom is 0.338 e. The Morgan fingerprint density at radius 3 is 2.76 bits per heavy atom. The monoisotopic (exact) mass is 528 g/mol. The van der Waals surface area contributed by atoms with Gasteiger partial charge >= 0.3 is 5.97 Å². The van der Waals surface area contributed by atoms with Gasteiger partial charge < -0.3 is 13.7 Å². The molecule has 2 aliphatic rings. The molecule has 0 radical (unpaired) electrons. The Labute approximate surface area is 205 Å². The van der Waals surface area contributed by atoms with E-state index in [9.17, 15) is 9.59 Å². The van der Waals surface area contributed by atoms with Gasteiger partial charge in [-0.25, -0.2) is 9.78 Å². The number of aldehydes is 1.